The van der Waals surface area contributed by atoms with Gasteiger partial charge < -0.3 is 10.5 Å². The Balaban J connectivity index is 2.17. The Labute approximate surface area is 129 Å². The fraction of sp³-hybridized carbons (Fsp3) is 0.235. The maximum Gasteiger partial charge on any atom is 0.307 e. The summed E-state index contributed by atoms with van der Waals surface area (Å²) in [5.74, 6) is -0.276. The maximum absolute atomic E-state index is 11.5. The predicted octanol–water partition coefficient (Wildman–Crippen LogP) is 3.96. The Morgan fingerprint density at radius 2 is 1.90 bits per heavy atom. The smallest absolute Gasteiger partial charge is 0.307 e. The van der Waals surface area contributed by atoms with Crippen LogP contribution in [-0.2, 0) is 9.53 Å². The molecule has 0 saturated heterocycles. The van der Waals surface area contributed by atoms with Crippen molar-refractivity contribution in [3.8, 4) is 11.1 Å². The second kappa shape index (κ2) is 7.25. The third kappa shape index (κ3) is 4.31. The van der Waals surface area contributed by atoms with Gasteiger partial charge in [-0.3, -0.25) is 4.79 Å². The fourth-order valence-electron chi connectivity index (χ4n) is 2.11. The fourth-order valence-corrected chi connectivity index (χ4v) is 2.23. The minimum absolute atomic E-state index is 0.178. The Morgan fingerprint density at radius 3 is 2.57 bits per heavy atom. The zero-order valence-corrected chi connectivity index (χ0v) is 12.6. The summed E-state index contributed by atoms with van der Waals surface area (Å²) in [5, 5.41) is 0.703. The molecule has 3 nitrogen and oxygen atoms in total. The van der Waals surface area contributed by atoms with Crippen molar-refractivity contribution in [1.82, 2.24) is 0 Å². The molecule has 2 aromatic carbocycles. The van der Waals surface area contributed by atoms with E-state index in [1.54, 1.807) is 6.92 Å². The summed E-state index contributed by atoms with van der Waals surface area (Å²) < 4.78 is 4.93. The molecule has 2 rings (SSSR count). The van der Waals surface area contributed by atoms with Gasteiger partial charge >= 0.3 is 5.97 Å². The first-order chi connectivity index (χ1) is 10.1. The molecule has 21 heavy (non-hydrogen) atoms. The molecular formula is C17H18ClNO2. The topological polar surface area (TPSA) is 52.3 Å². The number of ether oxygens (including phenoxy) is 1. The highest BCUT2D eigenvalue weighted by Gasteiger charge is 2.13. The standard InChI is InChI=1S/C17H18ClNO2/c1-2-21-17(20)11-16(19)14-5-3-4-13(10-14)12-6-8-15(18)9-7-12/h3-10,16H,2,11,19H2,1H3/t16-/m0/s1. The molecule has 0 radical (unpaired) electrons. The van der Waals surface area contributed by atoms with Crippen molar-refractivity contribution in [1.29, 1.82) is 0 Å². The summed E-state index contributed by atoms with van der Waals surface area (Å²) in [5.41, 5.74) is 9.09. The van der Waals surface area contributed by atoms with Gasteiger partial charge in [0.15, 0.2) is 0 Å². The number of hydrogen-bond acceptors (Lipinski definition) is 3. The minimum atomic E-state index is -0.365. The van der Waals surface area contributed by atoms with Gasteiger partial charge in [-0.05, 0) is 41.8 Å². The van der Waals surface area contributed by atoms with Crippen molar-refractivity contribution in [3.63, 3.8) is 0 Å². The number of carbonyl (C=O) groups excluding carboxylic acids is 1. The van der Waals surface area contributed by atoms with Gasteiger partial charge in [0.25, 0.3) is 0 Å². The van der Waals surface area contributed by atoms with E-state index in [-0.39, 0.29) is 18.4 Å². The highest BCUT2D eigenvalue weighted by atomic mass is 35.5. The number of nitrogens with two attached hydrogens (primary N) is 1. The quantitative estimate of drug-likeness (QED) is 0.851. The van der Waals surface area contributed by atoms with Crippen LogP contribution in [0.15, 0.2) is 48.5 Å². The van der Waals surface area contributed by atoms with Crippen LogP contribution in [0, 0.1) is 0 Å². The average molecular weight is 304 g/mol. The minimum Gasteiger partial charge on any atom is -0.466 e. The van der Waals surface area contributed by atoms with Gasteiger partial charge in [0.1, 0.15) is 0 Å². The predicted molar refractivity (Wildman–Crippen MR) is 85.1 cm³/mol. The maximum atomic E-state index is 11.5. The molecule has 0 saturated carbocycles. The number of benzene rings is 2. The average Bonchev–Trinajstić information content (AvgIpc) is 2.48. The molecule has 0 spiro atoms. The summed E-state index contributed by atoms with van der Waals surface area (Å²) >= 11 is 5.90. The van der Waals surface area contributed by atoms with Crippen molar-refractivity contribution >= 4 is 17.6 Å². The molecule has 1 atom stereocenters. The van der Waals surface area contributed by atoms with E-state index in [9.17, 15) is 4.79 Å². The molecule has 4 heteroatoms. The van der Waals surface area contributed by atoms with Crippen LogP contribution in [0.3, 0.4) is 0 Å². The summed E-state index contributed by atoms with van der Waals surface area (Å²) in [6.07, 6.45) is 0.178. The van der Waals surface area contributed by atoms with Crippen LogP contribution < -0.4 is 5.73 Å². The first kappa shape index (κ1) is 15.5. The van der Waals surface area contributed by atoms with Gasteiger partial charge in [-0.25, -0.2) is 0 Å². The van der Waals surface area contributed by atoms with Crippen LogP contribution in [0.2, 0.25) is 5.02 Å². The highest BCUT2D eigenvalue weighted by Crippen LogP contribution is 2.25. The van der Waals surface area contributed by atoms with Crippen molar-refractivity contribution in [2.24, 2.45) is 5.73 Å². The van der Waals surface area contributed by atoms with E-state index in [4.69, 9.17) is 22.1 Å². The number of hydrogen-bond donors (Lipinski definition) is 1. The normalized spacial score (nSPS) is 12.0. The molecule has 0 fully saturated rings. The first-order valence-electron chi connectivity index (χ1n) is 6.87. The van der Waals surface area contributed by atoms with Crippen molar-refractivity contribution in [2.75, 3.05) is 6.61 Å². The van der Waals surface area contributed by atoms with E-state index < -0.39 is 0 Å². The number of rotatable bonds is 5. The van der Waals surface area contributed by atoms with Gasteiger partial charge in [0.05, 0.1) is 13.0 Å². The van der Waals surface area contributed by atoms with E-state index in [2.05, 4.69) is 0 Å². The van der Waals surface area contributed by atoms with Gasteiger partial charge in [-0.2, -0.15) is 0 Å². The zero-order valence-electron chi connectivity index (χ0n) is 11.9. The highest BCUT2D eigenvalue weighted by molar-refractivity contribution is 6.30. The molecule has 0 amide bonds. The van der Waals surface area contributed by atoms with Gasteiger partial charge in [0.2, 0.25) is 0 Å². The van der Waals surface area contributed by atoms with Gasteiger partial charge in [-0.15, -0.1) is 0 Å². The molecule has 0 aromatic heterocycles. The van der Waals surface area contributed by atoms with Crippen LogP contribution in [0.1, 0.15) is 24.9 Å². The van der Waals surface area contributed by atoms with E-state index in [1.807, 2.05) is 48.5 Å². The van der Waals surface area contributed by atoms with Crippen LogP contribution in [0.5, 0.6) is 0 Å². The van der Waals surface area contributed by atoms with Crippen LogP contribution >= 0.6 is 11.6 Å². The Bertz CT molecular complexity index is 610. The van der Waals surface area contributed by atoms with E-state index in [0.29, 0.717) is 11.6 Å². The summed E-state index contributed by atoms with van der Waals surface area (Å²) in [4.78, 5) is 11.5. The molecule has 0 unspecified atom stereocenters. The van der Waals surface area contributed by atoms with E-state index in [0.717, 1.165) is 16.7 Å². The lowest BCUT2D eigenvalue weighted by atomic mass is 9.98. The molecule has 0 aliphatic heterocycles. The number of carbonyl (C=O) groups is 1. The third-order valence-corrected chi connectivity index (χ3v) is 3.44. The SMILES string of the molecule is CCOC(=O)C[C@H](N)c1cccc(-c2ccc(Cl)cc2)c1. The number of halogens is 1. The first-order valence-corrected chi connectivity index (χ1v) is 7.25. The second-order valence-electron chi connectivity index (χ2n) is 4.75. The molecular weight excluding hydrogens is 286 g/mol. The molecule has 0 aliphatic carbocycles. The summed E-state index contributed by atoms with van der Waals surface area (Å²) in [7, 11) is 0. The molecule has 110 valence electrons. The molecule has 2 aromatic rings. The lowest BCUT2D eigenvalue weighted by Crippen LogP contribution is -2.17. The monoisotopic (exact) mass is 303 g/mol. The second-order valence-corrected chi connectivity index (χ2v) is 5.18. The van der Waals surface area contributed by atoms with Crippen LogP contribution in [-0.4, -0.2) is 12.6 Å². The zero-order chi connectivity index (χ0) is 15.2. The van der Waals surface area contributed by atoms with Gasteiger partial charge in [-0.1, -0.05) is 41.9 Å². The molecule has 2 N–H and O–H groups in total. The van der Waals surface area contributed by atoms with E-state index >= 15 is 0 Å². The molecule has 0 heterocycles. The number of esters is 1. The van der Waals surface area contributed by atoms with Crippen LogP contribution in [0.4, 0.5) is 0 Å². The van der Waals surface area contributed by atoms with Crippen LogP contribution in [0.25, 0.3) is 11.1 Å². The van der Waals surface area contributed by atoms with Crippen molar-refractivity contribution < 1.29 is 9.53 Å². The molecule has 0 bridgehead atoms. The summed E-state index contributed by atoms with van der Waals surface area (Å²) in [6, 6.07) is 15.1. The van der Waals surface area contributed by atoms with Gasteiger partial charge in [0, 0.05) is 11.1 Å². The largest absolute Gasteiger partial charge is 0.466 e. The van der Waals surface area contributed by atoms with Crippen molar-refractivity contribution in [2.45, 2.75) is 19.4 Å². The third-order valence-electron chi connectivity index (χ3n) is 3.18. The molecule has 0 aliphatic rings. The lowest BCUT2D eigenvalue weighted by molar-refractivity contribution is -0.143. The van der Waals surface area contributed by atoms with Crippen molar-refractivity contribution in [3.05, 3.63) is 59.1 Å². The van der Waals surface area contributed by atoms with E-state index in [1.165, 1.54) is 0 Å². The lowest BCUT2D eigenvalue weighted by Gasteiger charge is -2.13. The Kier molecular flexibility index (Phi) is 5.37. The Hall–Kier alpha value is -1.84. The summed E-state index contributed by atoms with van der Waals surface area (Å²) in [6.45, 7) is 2.15. The Morgan fingerprint density at radius 1 is 1.19 bits per heavy atom.